The summed E-state index contributed by atoms with van der Waals surface area (Å²) in [7, 11) is 0. The van der Waals surface area contributed by atoms with E-state index in [0.29, 0.717) is 0 Å². The maximum atomic E-state index is 5.35. The van der Waals surface area contributed by atoms with E-state index in [1.54, 1.807) is 0 Å². The van der Waals surface area contributed by atoms with Gasteiger partial charge in [0.1, 0.15) is 0 Å². The van der Waals surface area contributed by atoms with Crippen molar-refractivity contribution in [2.24, 2.45) is 0 Å². The molecule has 2 heteroatoms. The second-order valence-corrected chi connectivity index (χ2v) is 4.73. The first-order valence-electron chi connectivity index (χ1n) is 6.76. The summed E-state index contributed by atoms with van der Waals surface area (Å²) >= 11 is 0. The number of hydrogen-bond donors (Lipinski definition) is 0. The highest BCUT2D eigenvalue weighted by Gasteiger charge is 2.09. The molecule has 0 atom stereocenters. The molecule has 0 amide bonds. The smallest absolute Gasteiger partial charge is 0.0594 e. The quantitative estimate of drug-likeness (QED) is 0.775. The number of hydrogen-bond acceptors (Lipinski definition) is 2. The third-order valence-electron chi connectivity index (χ3n) is 3.47. The predicted octanol–water partition coefficient (Wildman–Crippen LogP) is 2.51. The van der Waals surface area contributed by atoms with Crippen LogP contribution in [0.4, 0.5) is 0 Å². The SMILES string of the molecule is CCc1ccc(CCCN2CCOCC2)cc1. The van der Waals surface area contributed by atoms with Crippen molar-refractivity contribution in [2.45, 2.75) is 26.2 Å². The fourth-order valence-electron chi connectivity index (χ4n) is 2.27. The molecule has 0 radical (unpaired) electrons. The van der Waals surface area contributed by atoms with E-state index in [4.69, 9.17) is 4.74 Å². The average molecular weight is 233 g/mol. The van der Waals surface area contributed by atoms with Crippen molar-refractivity contribution in [3.05, 3.63) is 35.4 Å². The number of benzene rings is 1. The Morgan fingerprint density at radius 2 is 1.71 bits per heavy atom. The summed E-state index contributed by atoms with van der Waals surface area (Å²) in [6.45, 7) is 7.44. The second-order valence-electron chi connectivity index (χ2n) is 4.73. The molecule has 0 N–H and O–H groups in total. The Balaban J connectivity index is 1.69. The topological polar surface area (TPSA) is 12.5 Å². The van der Waals surface area contributed by atoms with E-state index in [0.717, 1.165) is 32.7 Å². The second kappa shape index (κ2) is 6.77. The predicted molar refractivity (Wildman–Crippen MR) is 71.4 cm³/mol. The van der Waals surface area contributed by atoms with Gasteiger partial charge in [-0.05, 0) is 36.9 Å². The zero-order valence-electron chi connectivity index (χ0n) is 10.8. The van der Waals surface area contributed by atoms with Gasteiger partial charge in [-0.1, -0.05) is 31.2 Å². The van der Waals surface area contributed by atoms with E-state index in [9.17, 15) is 0 Å². The number of morpholine rings is 1. The summed E-state index contributed by atoms with van der Waals surface area (Å²) in [6, 6.07) is 9.06. The lowest BCUT2D eigenvalue weighted by molar-refractivity contribution is 0.0375. The van der Waals surface area contributed by atoms with Gasteiger partial charge in [0.25, 0.3) is 0 Å². The lowest BCUT2D eigenvalue weighted by Crippen LogP contribution is -2.36. The summed E-state index contributed by atoms with van der Waals surface area (Å²) < 4.78 is 5.35. The van der Waals surface area contributed by atoms with E-state index >= 15 is 0 Å². The van der Waals surface area contributed by atoms with Gasteiger partial charge in [-0.3, -0.25) is 4.90 Å². The standard InChI is InChI=1S/C15H23NO/c1-2-14-5-7-15(8-6-14)4-3-9-16-10-12-17-13-11-16/h5-8H,2-4,9-13H2,1H3. The fraction of sp³-hybridized carbons (Fsp3) is 0.600. The minimum Gasteiger partial charge on any atom is -0.379 e. The first-order valence-corrected chi connectivity index (χ1v) is 6.76. The first kappa shape index (κ1) is 12.6. The maximum Gasteiger partial charge on any atom is 0.0594 e. The van der Waals surface area contributed by atoms with Gasteiger partial charge < -0.3 is 4.74 Å². The molecule has 17 heavy (non-hydrogen) atoms. The van der Waals surface area contributed by atoms with E-state index in [1.807, 2.05) is 0 Å². The van der Waals surface area contributed by atoms with Gasteiger partial charge in [0.05, 0.1) is 13.2 Å². The molecule has 1 aliphatic rings. The molecule has 1 aliphatic heterocycles. The molecule has 0 unspecified atom stereocenters. The van der Waals surface area contributed by atoms with Crippen LogP contribution in [-0.2, 0) is 17.6 Å². The third kappa shape index (κ3) is 4.14. The van der Waals surface area contributed by atoms with Crippen LogP contribution in [0.5, 0.6) is 0 Å². The molecule has 1 aromatic carbocycles. The monoisotopic (exact) mass is 233 g/mol. The van der Waals surface area contributed by atoms with Crippen LogP contribution in [-0.4, -0.2) is 37.7 Å². The van der Waals surface area contributed by atoms with Crippen LogP contribution >= 0.6 is 0 Å². The van der Waals surface area contributed by atoms with E-state index in [-0.39, 0.29) is 0 Å². The van der Waals surface area contributed by atoms with Crippen molar-refractivity contribution in [2.75, 3.05) is 32.8 Å². The van der Waals surface area contributed by atoms with Gasteiger partial charge in [0, 0.05) is 13.1 Å². The third-order valence-corrected chi connectivity index (χ3v) is 3.47. The Morgan fingerprint density at radius 1 is 1.06 bits per heavy atom. The zero-order valence-corrected chi connectivity index (χ0v) is 10.8. The molecule has 2 nitrogen and oxygen atoms in total. The Kier molecular flexibility index (Phi) is 5.02. The summed E-state index contributed by atoms with van der Waals surface area (Å²) in [6.07, 6.45) is 3.58. The zero-order chi connectivity index (χ0) is 11.9. The Labute approximate surface area is 105 Å². The normalized spacial score (nSPS) is 17.2. The maximum absolute atomic E-state index is 5.35. The Morgan fingerprint density at radius 3 is 2.35 bits per heavy atom. The molecular formula is C15H23NO. The Bertz CT molecular complexity index is 314. The van der Waals surface area contributed by atoms with Crippen LogP contribution in [0, 0.1) is 0 Å². The molecule has 1 aromatic rings. The highest BCUT2D eigenvalue weighted by atomic mass is 16.5. The molecule has 0 spiro atoms. The molecule has 1 saturated heterocycles. The van der Waals surface area contributed by atoms with Gasteiger partial charge >= 0.3 is 0 Å². The van der Waals surface area contributed by atoms with E-state index in [1.165, 1.54) is 30.5 Å². The van der Waals surface area contributed by atoms with E-state index in [2.05, 4.69) is 36.1 Å². The highest BCUT2D eigenvalue weighted by molar-refractivity contribution is 5.22. The summed E-state index contributed by atoms with van der Waals surface area (Å²) in [5.74, 6) is 0. The van der Waals surface area contributed by atoms with Gasteiger partial charge in [-0.2, -0.15) is 0 Å². The minimum atomic E-state index is 0.908. The molecular weight excluding hydrogens is 210 g/mol. The largest absolute Gasteiger partial charge is 0.379 e. The molecule has 0 aliphatic carbocycles. The van der Waals surface area contributed by atoms with Crippen LogP contribution in [0.1, 0.15) is 24.5 Å². The number of aryl methyl sites for hydroxylation is 2. The van der Waals surface area contributed by atoms with Gasteiger partial charge in [0.15, 0.2) is 0 Å². The van der Waals surface area contributed by atoms with Crippen molar-refractivity contribution >= 4 is 0 Å². The van der Waals surface area contributed by atoms with E-state index < -0.39 is 0 Å². The minimum absolute atomic E-state index is 0.908. The van der Waals surface area contributed by atoms with Crippen molar-refractivity contribution < 1.29 is 4.74 Å². The van der Waals surface area contributed by atoms with Crippen LogP contribution in [0.3, 0.4) is 0 Å². The molecule has 0 saturated carbocycles. The molecule has 0 bridgehead atoms. The lowest BCUT2D eigenvalue weighted by Gasteiger charge is -2.26. The first-order chi connectivity index (χ1) is 8.38. The van der Waals surface area contributed by atoms with Gasteiger partial charge in [0.2, 0.25) is 0 Å². The van der Waals surface area contributed by atoms with Crippen molar-refractivity contribution in [1.29, 1.82) is 0 Å². The molecule has 1 fully saturated rings. The summed E-state index contributed by atoms with van der Waals surface area (Å²) in [4.78, 5) is 2.50. The number of rotatable bonds is 5. The highest BCUT2D eigenvalue weighted by Crippen LogP contribution is 2.08. The molecule has 0 aromatic heterocycles. The van der Waals surface area contributed by atoms with Crippen LogP contribution < -0.4 is 0 Å². The fourth-order valence-corrected chi connectivity index (χ4v) is 2.27. The summed E-state index contributed by atoms with van der Waals surface area (Å²) in [5.41, 5.74) is 2.90. The molecule has 2 rings (SSSR count). The molecule has 1 heterocycles. The van der Waals surface area contributed by atoms with Crippen molar-refractivity contribution in [1.82, 2.24) is 4.90 Å². The van der Waals surface area contributed by atoms with Gasteiger partial charge in [-0.25, -0.2) is 0 Å². The van der Waals surface area contributed by atoms with Gasteiger partial charge in [-0.15, -0.1) is 0 Å². The van der Waals surface area contributed by atoms with Crippen molar-refractivity contribution in [3.63, 3.8) is 0 Å². The average Bonchev–Trinajstić information content (AvgIpc) is 2.41. The van der Waals surface area contributed by atoms with Crippen molar-refractivity contribution in [3.8, 4) is 0 Å². The Hall–Kier alpha value is -0.860. The lowest BCUT2D eigenvalue weighted by atomic mass is 10.1. The molecule has 94 valence electrons. The van der Waals surface area contributed by atoms with Crippen LogP contribution in [0.15, 0.2) is 24.3 Å². The number of nitrogens with zero attached hydrogens (tertiary/aromatic N) is 1. The van der Waals surface area contributed by atoms with Crippen LogP contribution in [0.2, 0.25) is 0 Å². The number of ether oxygens (including phenoxy) is 1. The summed E-state index contributed by atoms with van der Waals surface area (Å²) in [5, 5.41) is 0. The van der Waals surface area contributed by atoms with Crippen LogP contribution in [0.25, 0.3) is 0 Å².